The van der Waals surface area contributed by atoms with Crippen molar-refractivity contribution in [3.63, 3.8) is 0 Å². The maximum Gasteiger partial charge on any atom is 0.251 e. The number of methoxy groups -OCH3 is 1. The van der Waals surface area contributed by atoms with Gasteiger partial charge < -0.3 is 29.2 Å². The summed E-state index contributed by atoms with van der Waals surface area (Å²) in [6.07, 6.45) is 2.79. The first-order valence-corrected chi connectivity index (χ1v) is 15.2. The minimum atomic E-state index is -4.53. The molecule has 6 rings (SSSR count). The van der Waals surface area contributed by atoms with E-state index >= 15 is 0 Å². The minimum absolute atomic E-state index is 0.0709. The summed E-state index contributed by atoms with van der Waals surface area (Å²) in [4.78, 5) is 27.8. The summed E-state index contributed by atoms with van der Waals surface area (Å²) >= 11 is 0. The number of anilines is 2. The molecule has 1 atom stereocenters. The predicted octanol–water partition coefficient (Wildman–Crippen LogP) is 3.50. The fourth-order valence-corrected chi connectivity index (χ4v) is 6.22. The Kier molecular flexibility index (Phi) is 8.14. The average molecular weight is 628 g/mol. The first-order chi connectivity index (χ1) is 21.3. The van der Waals surface area contributed by atoms with E-state index in [2.05, 4.69) is 15.3 Å². The molecule has 12 nitrogen and oxygen atoms in total. The van der Waals surface area contributed by atoms with Crippen LogP contribution in [0.4, 0.5) is 20.4 Å². The van der Waals surface area contributed by atoms with Crippen LogP contribution < -0.4 is 24.4 Å². The number of fused-ring (bicyclic) bond motifs is 3. The second-order valence-electron chi connectivity index (χ2n) is 9.90. The molecule has 5 heterocycles. The van der Waals surface area contributed by atoms with Gasteiger partial charge in [-0.25, -0.2) is 27.2 Å². The maximum absolute atomic E-state index is 14.7. The van der Waals surface area contributed by atoms with Gasteiger partial charge in [-0.15, -0.1) is 0 Å². The Balaban J connectivity index is 1.22. The Morgan fingerprint density at radius 3 is 2.80 bits per heavy atom. The van der Waals surface area contributed by atoms with E-state index < -0.39 is 44.1 Å². The van der Waals surface area contributed by atoms with Crippen LogP contribution in [0.2, 0.25) is 0 Å². The fourth-order valence-electron chi connectivity index (χ4n) is 4.83. The lowest BCUT2D eigenvalue weighted by Gasteiger charge is -2.30. The van der Waals surface area contributed by atoms with E-state index in [1.807, 2.05) is 17.0 Å². The van der Waals surface area contributed by atoms with Crippen LogP contribution in [0.3, 0.4) is 0 Å². The predicted molar refractivity (Wildman–Crippen MR) is 153 cm³/mol. The van der Waals surface area contributed by atoms with Crippen molar-refractivity contribution >= 4 is 38.3 Å². The molecule has 230 valence electrons. The number of hydrogen-bond donors (Lipinski definition) is 1. The first-order valence-electron chi connectivity index (χ1n) is 13.7. The van der Waals surface area contributed by atoms with Crippen molar-refractivity contribution in [1.29, 1.82) is 0 Å². The van der Waals surface area contributed by atoms with Gasteiger partial charge in [-0.05, 0) is 30.3 Å². The molecule has 1 N–H and O–H groups in total. The Morgan fingerprint density at radius 1 is 1.11 bits per heavy atom. The third kappa shape index (κ3) is 5.67. The molecule has 0 spiro atoms. The number of benzene rings is 1. The monoisotopic (exact) mass is 627 g/mol. The van der Waals surface area contributed by atoms with Gasteiger partial charge in [-0.2, -0.15) is 0 Å². The number of nitrogens with one attached hydrogen (secondary N) is 1. The highest BCUT2D eigenvalue weighted by Gasteiger charge is 2.35. The highest BCUT2D eigenvalue weighted by Crippen LogP contribution is 2.41. The second-order valence-corrected chi connectivity index (χ2v) is 11.9. The van der Waals surface area contributed by atoms with E-state index in [4.69, 9.17) is 23.9 Å². The molecule has 0 saturated carbocycles. The third-order valence-corrected chi connectivity index (χ3v) is 8.87. The molecule has 1 aromatic carbocycles. The van der Waals surface area contributed by atoms with E-state index in [1.165, 1.54) is 0 Å². The van der Waals surface area contributed by atoms with Gasteiger partial charge in [0.2, 0.25) is 21.1 Å². The number of pyridine rings is 3. The van der Waals surface area contributed by atoms with Gasteiger partial charge in [0.25, 0.3) is 5.91 Å². The molecule has 1 amide bonds. The molecular formula is C29H27F2N5O7S. The van der Waals surface area contributed by atoms with E-state index in [0.29, 0.717) is 60.7 Å². The molecule has 2 aliphatic rings. The van der Waals surface area contributed by atoms with Crippen LogP contribution in [-0.2, 0) is 21.1 Å². The lowest BCUT2D eigenvalue weighted by Crippen LogP contribution is -2.30. The number of hydrogen-bond acceptors (Lipinski definition) is 11. The van der Waals surface area contributed by atoms with E-state index in [-0.39, 0.29) is 18.7 Å². The summed E-state index contributed by atoms with van der Waals surface area (Å²) in [5, 5.41) is 3.35. The minimum Gasteiger partial charge on any atom is -0.489 e. The molecule has 3 aromatic heterocycles. The van der Waals surface area contributed by atoms with Crippen molar-refractivity contribution in [2.75, 3.05) is 45.0 Å². The third-order valence-electron chi connectivity index (χ3n) is 7.04. The van der Waals surface area contributed by atoms with E-state index in [9.17, 15) is 22.0 Å². The van der Waals surface area contributed by atoms with Gasteiger partial charge in [0.1, 0.15) is 23.9 Å². The average Bonchev–Trinajstić information content (AvgIpc) is 3.14. The molecule has 0 unspecified atom stereocenters. The zero-order valence-corrected chi connectivity index (χ0v) is 24.3. The lowest BCUT2D eigenvalue weighted by molar-refractivity contribution is 0.0949. The lowest BCUT2D eigenvalue weighted by atomic mass is 10.2. The molecule has 2 aliphatic heterocycles. The van der Waals surface area contributed by atoms with Gasteiger partial charge in [-0.1, -0.05) is 0 Å². The standard InChI is InChI=1S/C29H27F2N5O7S/c1-40-10-11-41-22-4-6-32-28-27(22)43-9-7-36(28)25-3-2-17-15-33-19(14-21(17)35-25)16-34-29(37)18-12-20(30)26-23(13-18)44(38,39)24(31)5-8-42-26/h2-4,6,12-15,24H,5,7-11,16H2,1H3,(H,34,37)/t24-/m1/s1. The van der Waals surface area contributed by atoms with Crippen molar-refractivity contribution in [2.45, 2.75) is 23.4 Å². The molecule has 0 bridgehead atoms. The van der Waals surface area contributed by atoms with E-state index in [0.717, 1.165) is 17.5 Å². The van der Waals surface area contributed by atoms with Crippen molar-refractivity contribution in [3.8, 4) is 17.2 Å². The highest BCUT2D eigenvalue weighted by atomic mass is 32.2. The molecule has 15 heteroatoms. The number of carbonyl (C=O) groups is 1. The van der Waals surface area contributed by atoms with Crippen molar-refractivity contribution in [2.24, 2.45) is 0 Å². The summed E-state index contributed by atoms with van der Waals surface area (Å²) in [5.74, 6) is -0.218. The number of ether oxygens (including phenoxy) is 4. The molecule has 4 aromatic rings. The maximum atomic E-state index is 14.7. The van der Waals surface area contributed by atoms with E-state index in [1.54, 1.807) is 31.6 Å². The van der Waals surface area contributed by atoms with Gasteiger partial charge in [-0.3, -0.25) is 9.78 Å². The molecule has 44 heavy (non-hydrogen) atoms. The highest BCUT2D eigenvalue weighted by molar-refractivity contribution is 7.92. The quantitative estimate of drug-likeness (QED) is 0.287. The molecule has 0 radical (unpaired) electrons. The number of sulfone groups is 1. The number of rotatable bonds is 8. The second kappa shape index (κ2) is 12.2. The Bertz CT molecular complexity index is 1840. The fraction of sp³-hybridized carbons (Fsp3) is 0.310. The number of carbonyl (C=O) groups excluding carboxylic acids is 1. The summed E-state index contributed by atoms with van der Waals surface area (Å²) < 4.78 is 75.9. The number of aromatic nitrogens is 3. The Morgan fingerprint density at radius 2 is 1.95 bits per heavy atom. The largest absolute Gasteiger partial charge is 0.489 e. The topological polar surface area (TPSA) is 142 Å². The first kappa shape index (κ1) is 29.4. The van der Waals surface area contributed by atoms with Crippen LogP contribution in [0.25, 0.3) is 10.9 Å². The smallest absolute Gasteiger partial charge is 0.251 e. The van der Waals surface area contributed by atoms with Crippen molar-refractivity contribution < 1.29 is 40.9 Å². The Labute approximate surface area is 250 Å². The van der Waals surface area contributed by atoms with Crippen LogP contribution in [0.1, 0.15) is 22.5 Å². The molecule has 0 fully saturated rings. The van der Waals surface area contributed by atoms with Gasteiger partial charge in [0, 0.05) is 42.9 Å². The number of halogens is 2. The zero-order valence-electron chi connectivity index (χ0n) is 23.5. The van der Waals surface area contributed by atoms with Crippen molar-refractivity contribution in [1.82, 2.24) is 20.3 Å². The van der Waals surface area contributed by atoms with Gasteiger partial charge in [0.05, 0.1) is 37.5 Å². The van der Waals surface area contributed by atoms with Crippen LogP contribution >= 0.6 is 0 Å². The van der Waals surface area contributed by atoms with Crippen LogP contribution in [0.15, 0.2) is 53.7 Å². The van der Waals surface area contributed by atoms with Crippen molar-refractivity contribution in [3.05, 3.63) is 65.9 Å². The number of alkyl halides is 1. The van der Waals surface area contributed by atoms with Crippen LogP contribution in [-0.4, -0.2) is 74.9 Å². The molecule has 0 aliphatic carbocycles. The van der Waals surface area contributed by atoms with Crippen LogP contribution in [0.5, 0.6) is 17.2 Å². The summed E-state index contributed by atoms with van der Waals surface area (Å²) in [6, 6.07) is 8.90. The Hall–Kier alpha value is -4.63. The summed E-state index contributed by atoms with van der Waals surface area (Å²) in [7, 11) is -2.94. The SMILES string of the molecule is COCCOc1ccnc2c1OCCN2c1ccc2cnc(CNC(=O)c3cc(F)c4c(c3)S(=O)(=O)[C@@H](F)CCO4)cc2n1. The zero-order chi connectivity index (χ0) is 30.8. The van der Waals surface area contributed by atoms with Crippen LogP contribution in [0, 0.1) is 5.82 Å². The molecule has 0 saturated heterocycles. The number of amides is 1. The summed E-state index contributed by atoms with van der Waals surface area (Å²) in [5.41, 5.74) is -1.53. The number of nitrogens with zero attached hydrogens (tertiary/aromatic N) is 4. The van der Waals surface area contributed by atoms with Gasteiger partial charge >= 0.3 is 0 Å². The molecular weight excluding hydrogens is 600 g/mol. The normalized spacial score (nSPS) is 17.1. The van der Waals surface area contributed by atoms with Gasteiger partial charge in [0.15, 0.2) is 23.1 Å². The summed E-state index contributed by atoms with van der Waals surface area (Å²) in [6.45, 7) is 1.27.